The number of benzene rings is 2. The average molecular weight is 316 g/mol. The van der Waals surface area contributed by atoms with E-state index in [-0.39, 0.29) is 11.7 Å². The maximum absolute atomic E-state index is 12.9. The average Bonchev–Trinajstić information content (AvgIpc) is 3.17. The summed E-state index contributed by atoms with van der Waals surface area (Å²) in [6.45, 7) is 2.12. The van der Waals surface area contributed by atoms with Crippen LogP contribution in [0.1, 0.15) is 35.2 Å². The Kier molecular flexibility index (Phi) is 3.49. The van der Waals surface area contributed by atoms with Gasteiger partial charge in [0.05, 0.1) is 0 Å². The first kappa shape index (κ1) is 14.8. The Morgan fingerprint density at radius 2 is 1.79 bits per heavy atom. The molecule has 0 fully saturated rings. The van der Waals surface area contributed by atoms with Crippen LogP contribution in [0.25, 0.3) is 21.8 Å². The summed E-state index contributed by atoms with van der Waals surface area (Å²) in [7, 11) is 1.99. The molecule has 0 amide bonds. The first-order valence-electron chi connectivity index (χ1n) is 8.28. The van der Waals surface area contributed by atoms with E-state index in [1.807, 2.05) is 54.3 Å². The Hall–Kier alpha value is -2.81. The summed E-state index contributed by atoms with van der Waals surface area (Å²) < 4.78 is 2.03. The molecule has 3 nitrogen and oxygen atoms in total. The molecule has 0 saturated heterocycles. The van der Waals surface area contributed by atoms with Gasteiger partial charge in [0.15, 0.2) is 5.78 Å². The molecule has 0 bridgehead atoms. The van der Waals surface area contributed by atoms with Crippen molar-refractivity contribution in [1.82, 2.24) is 9.55 Å². The third kappa shape index (κ3) is 2.33. The van der Waals surface area contributed by atoms with E-state index in [1.165, 1.54) is 10.9 Å². The highest BCUT2D eigenvalue weighted by molar-refractivity contribution is 6.08. The number of Topliss-reactive ketones (excluding diaryl/α,β-unsaturated/α-hetero) is 1. The molecule has 0 aliphatic heterocycles. The minimum absolute atomic E-state index is 0.174. The number of para-hydroxylation sites is 2. The van der Waals surface area contributed by atoms with Crippen LogP contribution < -0.4 is 0 Å². The van der Waals surface area contributed by atoms with Crippen molar-refractivity contribution in [3.63, 3.8) is 0 Å². The van der Waals surface area contributed by atoms with Crippen molar-refractivity contribution in [1.29, 1.82) is 0 Å². The van der Waals surface area contributed by atoms with Gasteiger partial charge in [0.1, 0.15) is 0 Å². The highest BCUT2D eigenvalue weighted by Crippen LogP contribution is 2.30. The summed E-state index contributed by atoms with van der Waals surface area (Å²) in [6.07, 6.45) is 4.50. The lowest BCUT2D eigenvalue weighted by atomic mass is 9.93. The first-order valence-corrected chi connectivity index (χ1v) is 8.28. The molecule has 2 heterocycles. The standard InChI is InChI=1S/C21H20N2O/c1-14(17-12-22-19-9-5-3-7-15(17)19)11-21(24)18-13-23(2)20-10-6-4-8-16(18)20/h3-10,12-14,22H,11H2,1-2H3. The maximum Gasteiger partial charge on any atom is 0.165 e. The Morgan fingerprint density at radius 3 is 2.62 bits per heavy atom. The van der Waals surface area contributed by atoms with Crippen molar-refractivity contribution in [3.05, 3.63) is 72.1 Å². The molecule has 0 aliphatic rings. The van der Waals surface area contributed by atoms with Gasteiger partial charge in [-0.05, 0) is 23.6 Å². The van der Waals surface area contributed by atoms with Gasteiger partial charge in [-0.25, -0.2) is 0 Å². The van der Waals surface area contributed by atoms with Crippen LogP contribution in [-0.2, 0) is 7.05 Å². The zero-order valence-corrected chi connectivity index (χ0v) is 13.9. The fraction of sp³-hybridized carbons (Fsp3) is 0.190. The summed E-state index contributed by atoms with van der Waals surface area (Å²) in [4.78, 5) is 16.2. The number of nitrogens with zero attached hydrogens (tertiary/aromatic N) is 1. The van der Waals surface area contributed by atoms with E-state index in [2.05, 4.69) is 30.1 Å². The summed E-state index contributed by atoms with van der Waals surface area (Å²) in [5.41, 5.74) is 4.25. The van der Waals surface area contributed by atoms with Gasteiger partial charge in [-0.3, -0.25) is 4.79 Å². The molecular formula is C21H20N2O. The van der Waals surface area contributed by atoms with Crippen LogP contribution >= 0.6 is 0 Å². The van der Waals surface area contributed by atoms with Crippen molar-refractivity contribution >= 4 is 27.6 Å². The topological polar surface area (TPSA) is 37.8 Å². The number of fused-ring (bicyclic) bond motifs is 2. The Balaban J connectivity index is 1.66. The molecule has 120 valence electrons. The summed E-state index contributed by atoms with van der Waals surface area (Å²) in [6, 6.07) is 16.3. The molecule has 2 aromatic carbocycles. The monoisotopic (exact) mass is 316 g/mol. The number of hydrogen-bond donors (Lipinski definition) is 1. The normalized spacial score (nSPS) is 12.8. The van der Waals surface area contributed by atoms with E-state index >= 15 is 0 Å². The highest BCUT2D eigenvalue weighted by Gasteiger charge is 2.19. The van der Waals surface area contributed by atoms with Gasteiger partial charge in [-0.2, -0.15) is 0 Å². The van der Waals surface area contributed by atoms with E-state index in [1.54, 1.807) is 0 Å². The van der Waals surface area contributed by atoms with Crippen molar-refractivity contribution < 1.29 is 4.79 Å². The fourth-order valence-corrected chi connectivity index (χ4v) is 3.56. The minimum Gasteiger partial charge on any atom is -0.361 e. The maximum atomic E-state index is 12.9. The number of H-pyrrole nitrogens is 1. The number of nitrogens with one attached hydrogen (secondary N) is 1. The molecule has 4 aromatic rings. The van der Waals surface area contributed by atoms with Gasteiger partial charge in [-0.1, -0.05) is 43.3 Å². The summed E-state index contributed by atoms with van der Waals surface area (Å²) >= 11 is 0. The van der Waals surface area contributed by atoms with Crippen LogP contribution in [-0.4, -0.2) is 15.3 Å². The predicted molar refractivity (Wildman–Crippen MR) is 98.6 cm³/mol. The predicted octanol–water partition coefficient (Wildman–Crippen LogP) is 5.04. The second-order valence-electron chi connectivity index (χ2n) is 6.49. The molecule has 2 aromatic heterocycles. The Bertz CT molecular complexity index is 1040. The number of ketones is 1. The third-order valence-electron chi connectivity index (χ3n) is 4.84. The zero-order valence-electron chi connectivity index (χ0n) is 13.9. The Labute approximate surface area is 140 Å². The fourth-order valence-electron chi connectivity index (χ4n) is 3.56. The summed E-state index contributed by atoms with van der Waals surface area (Å²) in [5, 5.41) is 2.24. The van der Waals surface area contributed by atoms with Crippen molar-refractivity contribution in [3.8, 4) is 0 Å². The molecule has 1 atom stereocenters. The van der Waals surface area contributed by atoms with Crippen molar-refractivity contribution in [2.45, 2.75) is 19.3 Å². The first-order chi connectivity index (χ1) is 11.6. The van der Waals surface area contributed by atoms with E-state index in [0.29, 0.717) is 6.42 Å². The van der Waals surface area contributed by atoms with Crippen LogP contribution in [0.4, 0.5) is 0 Å². The molecule has 1 N–H and O–H groups in total. The molecule has 24 heavy (non-hydrogen) atoms. The van der Waals surface area contributed by atoms with Gasteiger partial charge in [0.25, 0.3) is 0 Å². The lowest BCUT2D eigenvalue weighted by Crippen LogP contribution is -2.04. The molecule has 4 rings (SSSR count). The molecular weight excluding hydrogens is 296 g/mol. The molecule has 1 unspecified atom stereocenters. The number of hydrogen-bond acceptors (Lipinski definition) is 1. The van der Waals surface area contributed by atoms with E-state index in [0.717, 1.165) is 22.0 Å². The van der Waals surface area contributed by atoms with Gasteiger partial charge < -0.3 is 9.55 Å². The lowest BCUT2D eigenvalue weighted by molar-refractivity contribution is 0.0977. The largest absolute Gasteiger partial charge is 0.361 e. The van der Waals surface area contributed by atoms with Gasteiger partial charge >= 0.3 is 0 Å². The van der Waals surface area contributed by atoms with Gasteiger partial charge in [0, 0.05) is 53.2 Å². The third-order valence-corrected chi connectivity index (χ3v) is 4.84. The van der Waals surface area contributed by atoms with E-state index < -0.39 is 0 Å². The smallest absolute Gasteiger partial charge is 0.165 e. The second-order valence-corrected chi connectivity index (χ2v) is 6.49. The minimum atomic E-state index is 0.174. The van der Waals surface area contributed by atoms with Crippen molar-refractivity contribution in [2.24, 2.45) is 7.05 Å². The number of aromatic nitrogens is 2. The van der Waals surface area contributed by atoms with Crippen molar-refractivity contribution in [2.75, 3.05) is 0 Å². The quantitative estimate of drug-likeness (QED) is 0.526. The van der Waals surface area contributed by atoms with Gasteiger partial charge in [-0.15, -0.1) is 0 Å². The van der Waals surface area contributed by atoms with Crippen LogP contribution in [0, 0.1) is 0 Å². The van der Waals surface area contributed by atoms with Crippen LogP contribution in [0.15, 0.2) is 60.9 Å². The van der Waals surface area contributed by atoms with Crippen LogP contribution in [0.5, 0.6) is 0 Å². The molecule has 0 spiro atoms. The highest BCUT2D eigenvalue weighted by atomic mass is 16.1. The zero-order chi connectivity index (χ0) is 16.7. The second kappa shape index (κ2) is 5.68. The van der Waals surface area contributed by atoms with Gasteiger partial charge in [0.2, 0.25) is 0 Å². The van der Waals surface area contributed by atoms with Crippen LogP contribution in [0.3, 0.4) is 0 Å². The number of carbonyl (C=O) groups excluding carboxylic acids is 1. The number of rotatable bonds is 4. The number of aryl methyl sites for hydroxylation is 1. The van der Waals surface area contributed by atoms with E-state index in [4.69, 9.17) is 0 Å². The van der Waals surface area contributed by atoms with E-state index in [9.17, 15) is 4.79 Å². The molecule has 0 saturated carbocycles. The molecule has 0 radical (unpaired) electrons. The van der Waals surface area contributed by atoms with Crippen LogP contribution in [0.2, 0.25) is 0 Å². The molecule has 0 aliphatic carbocycles. The molecule has 3 heteroatoms. The number of aromatic amines is 1. The lowest BCUT2D eigenvalue weighted by Gasteiger charge is -2.09. The Morgan fingerprint density at radius 1 is 1.08 bits per heavy atom. The number of carbonyl (C=O) groups is 1. The summed E-state index contributed by atoms with van der Waals surface area (Å²) in [5.74, 6) is 0.372. The SMILES string of the molecule is CC(CC(=O)c1cn(C)c2ccccc12)c1c[nH]c2ccccc12.